The Morgan fingerprint density at radius 3 is 2.81 bits per heavy atom. The average Bonchev–Trinajstić information content (AvgIpc) is 3.01. The fraction of sp³-hybridized carbons (Fsp3) is 0.389. The van der Waals surface area contributed by atoms with Crippen LogP contribution in [0.3, 0.4) is 0 Å². The molecule has 2 aromatic rings. The van der Waals surface area contributed by atoms with E-state index in [4.69, 9.17) is 9.47 Å². The Morgan fingerprint density at radius 1 is 1.31 bits per heavy atom. The maximum atomic E-state index is 12.5. The summed E-state index contributed by atoms with van der Waals surface area (Å²) in [7, 11) is 1.55. The van der Waals surface area contributed by atoms with Gasteiger partial charge >= 0.3 is 0 Å². The molecule has 1 saturated heterocycles. The second-order valence-corrected chi connectivity index (χ2v) is 7.11. The van der Waals surface area contributed by atoms with E-state index in [1.165, 1.54) is 11.3 Å². The molecule has 3 rings (SSSR count). The zero-order valence-corrected chi connectivity index (χ0v) is 15.6. The molecule has 7 nitrogen and oxygen atoms in total. The smallest absolute Gasteiger partial charge is 0.279 e. The molecule has 1 aromatic heterocycles. The van der Waals surface area contributed by atoms with Gasteiger partial charge in [-0.3, -0.25) is 9.59 Å². The number of ether oxygens (including phenoxy) is 2. The summed E-state index contributed by atoms with van der Waals surface area (Å²) in [5.74, 6) is 0.239. The van der Waals surface area contributed by atoms with Crippen LogP contribution in [-0.2, 0) is 16.1 Å². The summed E-state index contributed by atoms with van der Waals surface area (Å²) in [6.07, 6.45) is 1.85. The summed E-state index contributed by atoms with van der Waals surface area (Å²) >= 11 is 1.38. The number of amides is 2. The SMILES string of the molecule is COc1cccc(C(=O)N=c2sc(C)cn2CC(=O)N2CCOCC2)c1. The van der Waals surface area contributed by atoms with E-state index in [0.717, 1.165) is 4.88 Å². The van der Waals surface area contributed by atoms with Gasteiger partial charge in [0.15, 0.2) is 4.80 Å². The molecule has 138 valence electrons. The van der Waals surface area contributed by atoms with Gasteiger partial charge in [-0.05, 0) is 25.1 Å². The largest absolute Gasteiger partial charge is 0.497 e. The van der Waals surface area contributed by atoms with E-state index >= 15 is 0 Å². The number of thiazole rings is 1. The fourth-order valence-electron chi connectivity index (χ4n) is 2.67. The number of aryl methyl sites for hydroxylation is 1. The highest BCUT2D eigenvalue weighted by Crippen LogP contribution is 2.13. The number of nitrogens with zero attached hydrogens (tertiary/aromatic N) is 3. The molecule has 2 heterocycles. The van der Waals surface area contributed by atoms with Crippen molar-refractivity contribution < 1.29 is 19.1 Å². The van der Waals surface area contributed by atoms with E-state index in [2.05, 4.69) is 4.99 Å². The van der Waals surface area contributed by atoms with E-state index in [1.54, 1.807) is 40.8 Å². The molecule has 0 bridgehead atoms. The Labute approximate surface area is 155 Å². The molecule has 0 spiro atoms. The number of benzene rings is 1. The van der Waals surface area contributed by atoms with Crippen LogP contribution in [0.5, 0.6) is 5.75 Å². The van der Waals surface area contributed by atoms with Gasteiger partial charge in [0.1, 0.15) is 12.3 Å². The molecule has 8 heteroatoms. The molecule has 1 aromatic carbocycles. The van der Waals surface area contributed by atoms with Gasteiger partial charge in [0.25, 0.3) is 5.91 Å². The van der Waals surface area contributed by atoms with E-state index in [-0.39, 0.29) is 18.4 Å². The quantitative estimate of drug-likeness (QED) is 0.811. The van der Waals surface area contributed by atoms with Crippen molar-refractivity contribution >= 4 is 23.2 Å². The Hall–Kier alpha value is -2.45. The standard InChI is InChI=1S/C18H21N3O4S/c1-13-11-21(12-16(22)20-6-8-25-9-7-20)18(26-13)19-17(23)14-4-3-5-15(10-14)24-2/h3-5,10-11H,6-9,12H2,1-2H3. The highest BCUT2D eigenvalue weighted by atomic mass is 32.1. The van der Waals surface area contributed by atoms with Crippen LogP contribution in [0.1, 0.15) is 15.2 Å². The van der Waals surface area contributed by atoms with Gasteiger partial charge < -0.3 is 18.9 Å². The molecule has 1 fully saturated rings. The Morgan fingerprint density at radius 2 is 2.08 bits per heavy atom. The minimum atomic E-state index is -0.363. The summed E-state index contributed by atoms with van der Waals surface area (Å²) in [6.45, 7) is 4.40. The number of methoxy groups -OCH3 is 1. The maximum Gasteiger partial charge on any atom is 0.279 e. The van der Waals surface area contributed by atoms with Gasteiger partial charge in [-0.1, -0.05) is 6.07 Å². The van der Waals surface area contributed by atoms with Gasteiger partial charge in [-0.15, -0.1) is 11.3 Å². The van der Waals surface area contributed by atoms with Gasteiger partial charge in [0.05, 0.1) is 20.3 Å². The van der Waals surface area contributed by atoms with Crippen molar-refractivity contribution in [1.29, 1.82) is 0 Å². The van der Waals surface area contributed by atoms with E-state index in [9.17, 15) is 9.59 Å². The van der Waals surface area contributed by atoms with Crippen molar-refractivity contribution in [3.05, 3.63) is 45.7 Å². The first-order valence-corrected chi connectivity index (χ1v) is 9.14. The molecule has 26 heavy (non-hydrogen) atoms. The van der Waals surface area contributed by atoms with Crippen molar-refractivity contribution in [2.45, 2.75) is 13.5 Å². The van der Waals surface area contributed by atoms with Crippen molar-refractivity contribution in [3.63, 3.8) is 0 Å². The van der Waals surface area contributed by atoms with Crippen LogP contribution in [0.2, 0.25) is 0 Å². The number of aromatic nitrogens is 1. The lowest BCUT2D eigenvalue weighted by atomic mass is 10.2. The molecule has 0 radical (unpaired) electrons. The van der Waals surface area contributed by atoms with E-state index < -0.39 is 0 Å². The number of hydrogen-bond donors (Lipinski definition) is 0. The first kappa shape index (κ1) is 18.3. The van der Waals surface area contributed by atoms with Crippen LogP contribution in [-0.4, -0.2) is 54.7 Å². The monoisotopic (exact) mass is 375 g/mol. The first-order chi connectivity index (χ1) is 12.6. The van der Waals surface area contributed by atoms with Crippen molar-refractivity contribution in [3.8, 4) is 5.75 Å². The van der Waals surface area contributed by atoms with Gasteiger partial charge in [-0.2, -0.15) is 4.99 Å². The summed E-state index contributed by atoms with van der Waals surface area (Å²) in [5, 5.41) is 0. The zero-order valence-electron chi connectivity index (χ0n) is 14.8. The molecule has 0 unspecified atom stereocenters. The van der Waals surface area contributed by atoms with Gasteiger partial charge in [-0.25, -0.2) is 0 Å². The highest BCUT2D eigenvalue weighted by Gasteiger charge is 2.18. The number of carbonyl (C=O) groups excluding carboxylic acids is 2. The number of hydrogen-bond acceptors (Lipinski definition) is 5. The van der Waals surface area contributed by atoms with E-state index in [1.807, 2.05) is 13.1 Å². The predicted octanol–water partition coefficient (Wildman–Crippen LogP) is 1.47. The summed E-state index contributed by atoms with van der Waals surface area (Å²) < 4.78 is 12.2. The summed E-state index contributed by atoms with van der Waals surface area (Å²) in [6, 6.07) is 6.86. The van der Waals surface area contributed by atoms with E-state index in [0.29, 0.717) is 42.4 Å². The Kier molecular flexibility index (Phi) is 5.85. The topological polar surface area (TPSA) is 73.1 Å². The molecule has 0 aliphatic carbocycles. The zero-order chi connectivity index (χ0) is 18.5. The molecule has 0 atom stereocenters. The van der Waals surface area contributed by atoms with Crippen LogP contribution in [0.4, 0.5) is 0 Å². The third kappa shape index (κ3) is 4.39. The average molecular weight is 375 g/mol. The number of rotatable bonds is 4. The van der Waals surface area contributed by atoms with Crippen LogP contribution in [0.15, 0.2) is 35.5 Å². The molecule has 1 aliphatic heterocycles. The van der Waals surface area contributed by atoms with Gasteiger partial charge in [0, 0.05) is 29.7 Å². The van der Waals surface area contributed by atoms with Crippen LogP contribution < -0.4 is 9.54 Å². The summed E-state index contributed by atoms with van der Waals surface area (Å²) in [5.41, 5.74) is 0.446. The Bertz CT molecular complexity index is 865. The van der Waals surface area contributed by atoms with Crippen molar-refractivity contribution in [2.75, 3.05) is 33.4 Å². The first-order valence-electron chi connectivity index (χ1n) is 8.32. The summed E-state index contributed by atoms with van der Waals surface area (Å²) in [4.78, 5) is 32.5. The second-order valence-electron chi connectivity index (χ2n) is 5.89. The lowest BCUT2D eigenvalue weighted by Crippen LogP contribution is -2.43. The third-order valence-electron chi connectivity index (χ3n) is 4.02. The maximum absolute atomic E-state index is 12.5. The second kappa shape index (κ2) is 8.29. The predicted molar refractivity (Wildman–Crippen MR) is 97.3 cm³/mol. The van der Waals surface area contributed by atoms with Crippen molar-refractivity contribution in [2.24, 2.45) is 4.99 Å². The number of morpholine rings is 1. The normalized spacial score (nSPS) is 15.2. The highest BCUT2D eigenvalue weighted by molar-refractivity contribution is 7.09. The molecule has 1 aliphatic rings. The van der Waals surface area contributed by atoms with Gasteiger partial charge in [0.2, 0.25) is 5.91 Å². The van der Waals surface area contributed by atoms with Crippen LogP contribution in [0.25, 0.3) is 0 Å². The minimum Gasteiger partial charge on any atom is -0.497 e. The fourth-order valence-corrected chi connectivity index (χ4v) is 3.50. The lowest BCUT2D eigenvalue weighted by Gasteiger charge is -2.26. The molecule has 2 amide bonds. The number of carbonyl (C=O) groups is 2. The third-order valence-corrected chi connectivity index (χ3v) is 4.95. The van der Waals surface area contributed by atoms with Crippen LogP contribution in [0, 0.1) is 6.92 Å². The molecular formula is C18H21N3O4S. The van der Waals surface area contributed by atoms with Crippen molar-refractivity contribution in [1.82, 2.24) is 9.47 Å². The molecule has 0 saturated carbocycles. The molecule has 0 N–H and O–H groups in total. The Balaban J connectivity index is 1.82. The molecular weight excluding hydrogens is 354 g/mol. The lowest BCUT2D eigenvalue weighted by molar-refractivity contribution is -0.135. The minimum absolute atomic E-state index is 0.00128. The van der Waals surface area contributed by atoms with Crippen LogP contribution >= 0.6 is 11.3 Å².